The lowest BCUT2D eigenvalue weighted by Crippen LogP contribution is -2.23. The van der Waals surface area contributed by atoms with Crippen LogP contribution >= 0.6 is 0 Å². The SMILES string of the molecule is O=C(Nc1cccc(S(=O)(=O)NCc2ccco2)c1)c1cc(-c2ccccc2)n[nH]1. The quantitative estimate of drug-likeness (QED) is 0.422. The van der Waals surface area contributed by atoms with Crippen LogP contribution in [-0.2, 0) is 16.6 Å². The molecule has 0 radical (unpaired) electrons. The minimum atomic E-state index is -3.77. The lowest BCUT2D eigenvalue weighted by molar-refractivity contribution is 0.102. The highest BCUT2D eigenvalue weighted by Gasteiger charge is 2.16. The maximum Gasteiger partial charge on any atom is 0.273 e. The maximum atomic E-state index is 12.5. The van der Waals surface area contributed by atoms with E-state index in [1.54, 1.807) is 30.3 Å². The smallest absolute Gasteiger partial charge is 0.273 e. The number of H-pyrrole nitrogens is 1. The number of aromatic nitrogens is 2. The fourth-order valence-corrected chi connectivity index (χ4v) is 3.84. The van der Waals surface area contributed by atoms with Gasteiger partial charge in [0.25, 0.3) is 5.91 Å². The molecule has 3 N–H and O–H groups in total. The molecule has 0 aliphatic carbocycles. The van der Waals surface area contributed by atoms with Crippen LogP contribution in [0.4, 0.5) is 5.69 Å². The number of hydrogen-bond acceptors (Lipinski definition) is 5. The second-order valence-electron chi connectivity index (χ2n) is 6.42. The number of nitrogens with one attached hydrogen (secondary N) is 3. The van der Waals surface area contributed by atoms with Gasteiger partial charge in [0.15, 0.2) is 0 Å². The van der Waals surface area contributed by atoms with E-state index in [4.69, 9.17) is 4.42 Å². The molecule has 1 amide bonds. The molecule has 0 aliphatic rings. The first-order valence-corrected chi connectivity index (χ1v) is 10.5. The van der Waals surface area contributed by atoms with Crippen molar-refractivity contribution in [2.45, 2.75) is 11.4 Å². The first-order valence-electron chi connectivity index (χ1n) is 9.05. The number of furan rings is 1. The molecule has 0 fully saturated rings. The first kappa shape index (κ1) is 19.6. The summed E-state index contributed by atoms with van der Waals surface area (Å²) in [4.78, 5) is 12.6. The van der Waals surface area contributed by atoms with Crippen molar-refractivity contribution in [3.05, 3.63) is 90.5 Å². The first-order chi connectivity index (χ1) is 14.5. The topological polar surface area (TPSA) is 117 Å². The van der Waals surface area contributed by atoms with Gasteiger partial charge in [-0.25, -0.2) is 13.1 Å². The molecule has 0 bridgehead atoms. The number of carbonyl (C=O) groups is 1. The molecule has 0 unspecified atom stereocenters. The average molecular weight is 422 g/mol. The van der Waals surface area contributed by atoms with E-state index in [0.29, 0.717) is 17.1 Å². The molecule has 30 heavy (non-hydrogen) atoms. The fourth-order valence-electron chi connectivity index (χ4n) is 2.80. The van der Waals surface area contributed by atoms with Crippen LogP contribution in [0.5, 0.6) is 0 Å². The van der Waals surface area contributed by atoms with Crippen LogP contribution in [0.15, 0.2) is 88.4 Å². The second kappa shape index (κ2) is 8.36. The summed E-state index contributed by atoms with van der Waals surface area (Å²) in [6.45, 7) is 0.0301. The molecule has 2 aromatic heterocycles. The Bertz CT molecular complexity index is 1250. The number of rotatable bonds is 7. The van der Waals surface area contributed by atoms with Crippen LogP contribution in [-0.4, -0.2) is 24.5 Å². The van der Waals surface area contributed by atoms with Crippen LogP contribution in [0.2, 0.25) is 0 Å². The Morgan fingerprint density at radius 2 is 1.83 bits per heavy atom. The van der Waals surface area contributed by atoms with Crippen molar-refractivity contribution >= 4 is 21.6 Å². The predicted molar refractivity (Wildman–Crippen MR) is 111 cm³/mol. The standard InChI is InChI=1S/C21H18N4O4S/c26-21(20-13-19(24-25-20)15-6-2-1-3-7-15)23-16-8-4-10-18(12-16)30(27,28)22-14-17-9-5-11-29-17/h1-13,22H,14H2,(H,23,26)(H,24,25). The second-order valence-corrected chi connectivity index (χ2v) is 8.19. The van der Waals surface area contributed by atoms with E-state index in [1.807, 2.05) is 30.3 Å². The van der Waals surface area contributed by atoms with Crippen LogP contribution in [0.1, 0.15) is 16.2 Å². The summed E-state index contributed by atoms with van der Waals surface area (Å²) in [5, 5.41) is 9.54. The Morgan fingerprint density at radius 3 is 2.60 bits per heavy atom. The van der Waals surface area contributed by atoms with Gasteiger partial charge in [-0.05, 0) is 36.4 Å². The molecule has 0 saturated heterocycles. The van der Waals surface area contributed by atoms with Crippen LogP contribution in [0.25, 0.3) is 11.3 Å². The van der Waals surface area contributed by atoms with E-state index in [0.717, 1.165) is 5.56 Å². The van der Waals surface area contributed by atoms with Gasteiger partial charge in [0.2, 0.25) is 10.0 Å². The molecule has 2 aromatic carbocycles. The zero-order valence-corrected chi connectivity index (χ0v) is 16.5. The molecule has 2 heterocycles. The largest absolute Gasteiger partial charge is 0.468 e. The summed E-state index contributed by atoms with van der Waals surface area (Å²) in [5.41, 5.74) is 2.12. The molecule has 4 rings (SSSR count). The molecule has 0 aliphatic heterocycles. The zero-order valence-electron chi connectivity index (χ0n) is 15.7. The van der Waals surface area contributed by atoms with Gasteiger partial charge in [0, 0.05) is 11.3 Å². The highest BCUT2D eigenvalue weighted by molar-refractivity contribution is 7.89. The van der Waals surface area contributed by atoms with E-state index >= 15 is 0 Å². The Labute approximate surface area is 173 Å². The molecule has 4 aromatic rings. The lowest BCUT2D eigenvalue weighted by atomic mass is 10.1. The summed E-state index contributed by atoms with van der Waals surface area (Å²) >= 11 is 0. The van der Waals surface area contributed by atoms with E-state index in [-0.39, 0.29) is 17.1 Å². The summed E-state index contributed by atoms with van der Waals surface area (Å²) in [5.74, 6) is 0.0688. The Balaban J connectivity index is 1.46. The van der Waals surface area contributed by atoms with Crippen molar-refractivity contribution in [1.82, 2.24) is 14.9 Å². The summed E-state index contributed by atoms with van der Waals surface area (Å²) < 4.78 is 32.6. The monoisotopic (exact) mass is 422 g/mol. The van der Waals surface area contributed by atoms with E-state index in [9.17, 15) is 13.2 Å². The van der Waals surface area contributed by atoms with Crippen LogP contribution < -0.4 is 10.0 Å². The average Bonchev–Trinajstić information content (AvgIpc) is 3.45. The molecule has 152 valence electrons. The van der Waals surface area contributed by atoms with Gasteiger partial charge in [0.05, 0.1) is 23.4 Å². The number of benzene rings is 2. The van der Waals surface area contributed by atoms with Crippen molar-refractivity contribution in [1.29, 1.82) is 0 Å². The number of anilines is 1. The van der Waals surface area contributed by atoms with Crippen LogP contribution in [0, 0.1) is 0 Å². The molecule has 8 nitrogen and oxygen atoms in total. The normalized spacial score (nSPS) is 11.3. The third kappa shape index (κ3) is 4.48. The number of sulfonamides is 1. The van der Waals surface area contributed by atoms with E-state index in [1.165, 1.54) is 18.4 Å². The molecular formula is C21H18N4O4S. The van der Waals surface area contributed by atoms with Crippen molar-refractivity contribution in [2.75, 3.05) is 5.32 Å². The molecule has 9 heteroatoms. The Morgan fingerprint density at radius 1 is 1.00 bits per heavy atom. The van der Waals surface area contributed by atoms with Gasteiger partial charge < -0.3 is 9.73 Å². The third-order valence-corrected chi connectivity index (χ3v) is 5.71. The lowest BCUT2D eigenvalue weighted by Gasteiger charge is -2.08. The summed E-state index contributed by atoms with van der Waals surface area (Å²) in [6, 6.07) is 20.4. The van der Waals surface area contributed by atoms with Gasteiger partial charge in [-0.15, -0.1) is 0 Å². The summed E-state index contributed by atoms with van der Waals surface area (Å²) in [6.07, 6.45) is 1.47. The van der Waals surface area contributed by atoms with Crippen LogP contribution in [0.3, 0.4) is 0 Å². The third-order valence-electron chi connectivity index (χ3n) is 4.31. The summed E-state index contributed by atoms with van der Waals surface area (Å²) in [7, 11) is -3.77. The Kier molecular flexibility index (Phi) is 5.46. The molecule has 0 spiro atoms. The van der Waals surface area contributed by atoms with Gasteiger partial charge >= 0.3 is 0 Å². The molecule has 0 atom stereocenters. The molecular weight excluding hydrogens is 404 g/mol. The van der Waals surface area contributed by atoms with Gasteiger partial charge in [-0.2, -0.15) is 5.10 Å². The maximum absolute atomic E-state index is 12.5. The number of hydrogen-bond donors (Lipinski definition) is 3. The van der Waals surface area contributed by atoms with Gasteiger partial charge in [-0.1, -0.05) is 36.4 Å². The minimum absolute atomic E-state index is 0.0291. The minimum Gasteiger partial charge on any atom is -0.468 e. The zero-order chi connectivity index (χ0) is 21.0. The van der Waals surface area contributed by atoms with Gasteiger partial charge in [0.1, 0.15) is 11.5 Å². The van der Waals surface area contributed by atoms with Crippen molar-refractivity contribution in [2.24, 2.45) is 0 Å². The number of amides is 1. The highest BCUT2D eigenvalue weighted by Crippen LogP contribution is 2.19. The number of nitrogens with zero attached hydrogens (tertiary/aromatic N) is 1. The van der Waals surface area contributed by atoms with E-state index in [2.05, 4.69) is 20.2 Å². The number of carbonyl (C=O) groups excluding carboxylic acids is 1. The van der Waals surface area contributed by atoms with E-state index < -0.39 is 15.9 Å². The fraction of sp³-hybridized carbons (Fsp3) is 0.0476. The van der Waals surface area contributed by atoms with Crippen molar-refractivity contribution in [3.8, 4) is 11.3 Å². The van der Waals surface area contributed by atoms with Crippen molar-refractivity contribution in [3.63, 3.8) is 0 Å². The molecule has 0 saturated carbocycles. The number of aromatic amines is 1. The Hall–Kier alpha value is -3.69. The van der Waals surface area contributed by atoms with Crippen molar-refractivity contribution < 1.29 is 17.6 Å². The predicted octanol–water partition coefficient (Wildman–Crippen LogP) is 3.40. The van der Waals surface area contributed by atoms with Gasteiger partial charge in [-0.3, -0.25) is 9.89 Å². The highest BCUT2D eigenvalue weighted by atomic mass is 32.2.